The molecule has 0 unspecified atom stereocenters. The third kappa shape index (κ3) is 4.49. The van der Waals surface area contributed by atoms with Crippen molar-refractivity contribution in [1.29, 1.82) is 0 Å². The van der Waals surface area contributed by atoms with Gasteiger partial charge in [0.25, 0.3) is 11.1 Å². The van der Waals surface area contributed by atoms with Crippen LogP contribution in [0.3, 0.4) is 0 Å². The molecule has 0 bridgehead atoms. The van der Waals surface area contributed by atoms with Gasteiger partial charge in [0.15, 0.2) is 0 Å². The maximum Gasteiger partial charge on any atom is 0.294 e. The molecule has 140 valence electrons. The van der Waals surface area contributed by atoms with Crippen LogP contribution in [0.2, 0.25) is 0 Å². The molecule has 3 rings (SSSR count). The first kappa shape index (κ1) is 19.0. The van der Waals surface area contributed by atoms with Crippen LogP contribution in [-0.2, 0) is 9.59 Å². The van der Waals surface area contributed by atoms with Crippen molar-refractivity contribution >= 4 is 40.6 Å². The third-order valence-electron chi connectivity index (χ3n) is 4.14. The number of thioether (sulfide) groups is 1. The van der Waals surface area contributed by atoms with E-state index in [0.29, 0.717) is 16.6 Å². The Bertz CT molecular complexity index is 913. The second-order valence-electron chi connectivity index (χ2n) is 6.67. The first-order valence-corrected chi connectivity index (χ1v) is 9.44. The molecule has 3 amide bonds. The molecule has 0 spiro atoms. The number of hydrogen-bond acceptors (Lipinski definition) is 4. The van der Waals surface area contributed by atoms with E-state index in [0.717, 1.165) is 27.8 Å². The van der Waals surface area contributed by atoms with Crippen molar-refractivity contribution in [3.05, 3.63) is 58.8 Å². The number of imide groups is 1. The number of rotatable bonds is 5. The normalized spacial score (nSPS) is 15.9. The summed E-state index contributed by atoms with van der Waals surface area (Å²) in [6.07, 6.45) is 5.53. The van der Waals surface area contributed by atoms with E-state index >= 15 is 0 Å². The van der Waals surface area contributed by atoms with E-state index in [9.17, 15) is 14.4 Å². The lowest BCUT2D eigenvalue weighted by atomic mass is 10.2. The summed E-state index contributed by atoms with van der Waals surface area (Å²) in [6.45, 7) is 5.77. The minimum absolute atomic E-state index is 0.303. The second-order valence-corrected chi connectivity index (χ2v) is 7.66. The summed E-state index contributed by atoms with van der Waals surface area (Å²) < 4.78 is 2.02. The van der Waals surface area contributed by atoms with Gasteiger partial charge in [0.05, 0.1) is 4.91 Å². The highest BCUT2D eigenvalue weighted by molar-refractivity contribution is 8.18. The van der Waals surface area contributed by atoms with Gasteiger partial charge >= 0.3 is 0 Å². The minimum atomic E-state index is -0.443. The van der Waals surface area contributed by atoms with Crippen LogP contribution in [0.5, 0.6) is 0 Å². The third-order valence-corrected chi connectivity index (χ3v) is 5.05. The molecular formula is C20H21N3O3S. The molecule has 0 aliphatic carbocycles. The van der Waals surface area contributed by atoms with Gasteiger partial charge in [-0.3, -0.25) is 19.3 Å². The molecule has 2 heterocycles. The fraction of sp³-hybridized carbons (Fsp3) is 0.250. The Morgan fingerprint density at radius 3 is 2.52 bits per heavy atom. The first-order chi connectivity index (χ1) is 12.8. The summed E-state index contributed by atoms with van der Waals surface area (Å²) in [4.78, 5) is 38.2. The Kier molecular flexibility index (Phi) is 5.51. The Morgan fingerprint density at radius 2 is 1.89 bits per heavy atom. The van der Waals surface area contributed by atoms with Gasteiger partial charge in [0.2, 0.25) is 5.91 Å². The van der Waals surface area contributed by atoms with Crippen molar-refractivity contribution in [3.63, 3.8) is 0 Å². The van der Waals surface area contributed by atoms with Crippen molar-refractivity contribution in [2.24, 2.45) is 0 Å². The monoisotopic (exact) mass is 383 g/mol. The Labute approximate surface area is 162 Å². The first-order valence-electron chi connectivity index (χ1n) is 8.63. The van der Waals surface area contributed by atoms with Gasteiger partial charge in [0.1, 0.15) is 6.54 Å². The highest BCUT2D eigenvalue weighted by Crippen LogP contribution is 2.32. The van der Waals surface area contributed by atoms with Crippen molar-refractivity contribution in [2.75, 3.05) is 11.9 Å². The number of nitrogens with zero attached hydrogens (tertiary/aromatic N) is 2. The second kappa shape index (κ2) is 7.84. The summed E-state index contributed by atoms with van der Waals surface area (Å²) in [5.74, 6) is -0.852. The lowest BCUT2D eigenvalue weighted by Gasteiger charge is -2.12. The van der Waals surface area contributed by atoms with Gasteiger partial charge in [-0.05, 0) is 62.4 Å². The lowest BCUT2D eigenvalue weighted by molar-refractivity contribution is -0.127. The Hall–Kier alpha value is -2.80. The molecule has 1 fully saturated rings. The van der Waals surface area contributed by atoms with Crippen LogP contribution in [0.25, 0.3) is 6.08 Å². The number of aromatic nitrogens is 1. The van der Waals surface area contributed by atoms with E-state index < -0.39 is 17.1 Å². The van der Waals surface area contributed by atoms with Gasteiger partial charge in [0, 0.05) is 24.1 Å². The van der Waals surface area contributed by atoms with Crippen LogP contribution in [-0.4, -0.2) is 33.1 Å². The zero-order valence-corrected chi connectivity index (χ0v) is 16.2. The maximum atomic E-state index is 12.5. The number of carbonyl (C=O) groups is 3. The molecule has 27 heavy (non-hydrogen) atoms. The van der Waals surface area contributed by atoms with Gasteiger partial charge in [-0.2, -0.15) is 0 Å². The predicted octanol–water partition coefficient (Wildman–Crippen LogP) is 4.05. The maximum absolute atomic E-state index is 12.5. The van der Waals surface area contributed by atoms with Gasteiger partial charge in [-0.25, -0.2) is 0 Å². The predicted molar refractivity (Wildman–Crippen MR) is 107 cm³/mol. The number of carbonyl (C=O) groups excluding carboxylic acids is 3. The number of benzene rings is 1. The number of aryl methyl sites for hydroxylation is 1. The molecule has 2 aromatic rings. The van der Waals surface area contributed by atoms with Crippen molar-refractivity contribution in [1.82, 2.24) is 9.47 Å². The zero-order chi connectivity index (χ0) is 19.6. The standard InChI is InChI=1S/C20H21N3O3S/c1-13(2)22-9-8-15(11-22)10-17-19(25)23(20(26)27-17)12-18(24)21-16-6-4-14(3)5-7-16/h4-11,13H,12H2,1-3H3,(H,21,24)/b17-10+. The number of anilines is 1. The van der Waals surface area contributed by atoms with Gasteiger partial charge in [-0.1, -0.05) is 17.7 Å². The van der Waals surface area contributed by atoms with E-state index in [-0.39, 0.29) is 6.54 Å². The molecule has 1 aromatic heterocycles. The van der Waals surface area contributed by atoms with Gasteiger partial charge < -0.3 is 9.88 Å². The fourth-order valence-corrected chi connectivity index (χ4v) is 3.44. The van der Waals surface area contributed by atoms with E-state index in [1.54, 1.807) is 18.2 Å². The van der Waals surface area contributed by atoms with Crippen molar-refractivity contribution in [2.45, 2.75) is 26.8 Å². The average molecular weight is 383 g/mol. The van der Waals surface area contributed by atoms with Crippen molar-refractivity contribution < 1.29 is 14.4 Å². The van der Waals surface area contributed by atoms with Crippen LogP contribution < -0.4 is 5.32 Å². The van der Waals surface area contributed by atoms with Crippen LogP contribution >= 0.6 is 11.8 Å². The molecule has 1 aromatic carbocycles. The highest BCUT2D eigenvalue weighted by atomic mass is 32.2. The average Bonchev–Trinajstić information content (AvgIpc) is 3.18. The largest absolute Gasteiger partial charge is 0.351 e. The topological polar surface area (TPSA) is 71.4 Å². The summed E-state index contributed by atoms with van der Waals surface area (Å²) in [7, 11) is 0. The SMILES string of the molecule is Cc1ccc(NC(=O)CN2C(=O)S/C(=C/c3ccn(C(C)C)c3)C2=O)cc1. The summed E-state index contributed by atoms with van der Waals surface area (Å²) in [6, 6.07) is 9.51. The quantitative estimate of drug-likeness (QED) is 0.791. The van der Waals surface area contributed by atoms with Crippen LogP contribution in [0.1, 0.15) is 31.0 Å². The van der Waals surface area contributed by atoms with E-state index in [1.165, 1.54) is 0 Å². The molecule has 7 heteroatoms. The number of amides is 3. The number of nitrogens with one attached hydrogen (secondary N) is 1. The summed E-state index contributed by atoms with van der Waals surface area (Å²) in [5.41, 5.74) is 2.55. The molecule has 0 saturated carbocycles. The number of hydrogen-bond donors (Lipinski definition) is 1. The van der Waals surface area contributed by atoms with E-state index in [2.05, 4.69) is 19.2 Å². The fourth-order valence-electron chi connectivity index (χ4n) is 2.61. The smallest absolute Gasteiger partial charge is 0.294 e. The zero-order valence-electron chi connectivity index (χ0n) is 15.4. The van der Waals surface area contributed by atoms with E-state index in [4.69, 9.17) is 0 Å². The Balaban J connectivity index is 1.67. The summed E-state index contributed by atoms with van der Waals surface area (Å²) in [5, 5.41) is 2.26. The molecule has 1 N–H and O–H groups in total. The van der Waals surface area contributed by atoms with Crippen LogP contribution in [0, 0.1) is 6.92 Å². The molecule has 0 radical (unpaired) electrons. The molecule has 1 saturated heterocycles. The molecule has 1 aliphatic heterocycles. The van der Waals surface area contributed by atoms with Gasteiger partial charge in [-0.15, -0.1) is 0 Å². The van der Waals surface area contributed by atoms with Crippen LogP contribution in [0.4, 0.5) is 10.5 Å². The minimum Gasteiger partial charge on any atom is -0.351 e. The van der Waals surface area contributed by atoms with Crippen molar-refractivity contribution in [3.8, 4) is 0 Å². The van der Waals surface area contributed by atoms with E-state index in [1.807, 2.05) is 42.1 Å². The lowest BCUT2D eigenvalue weighted by Crippen LogP contribution is -2.36. The Morgan fingerprint density at radius 1 is 1.19 bits per heavy atom. The highest BCUT2D eigenvalue weighted by Gasteiger charge is 2.36. The molecule has 0 atom stereocenters. The molecule has 6 nitrogen and oxygen atoms in total. The molecular weight excluding hydrogens is 362 g/mol. The molecule has 1 aliphatic rings. The van der Waals surface area contributed by atoms with Crippen LogP contribution in [0.15, 0.2) is 47.6 Å². The summed E-state index contributed by atoms with van der Waals surface area (Å²) >= 11 is 0.854.